The lowest BCUT2D eigenvalue weighted by atomic mass is 10.1. The molecule has 1 aromatic carbocycles. The second kappa shape index (κ2) is 7.31. The van der Waals surface area contributed by atoms with Crippen LogP contribution in [-0.4, -0.2) is 49.7 Å². The van der Waals surface area contributed by atoms with Crippen LogP contribution in [0.5, 0.6) is 0 Å². The molecule has 2 N–H and O–H groups in total. The maximum atomic E-state index is 12.7. The molecule has 0 radical (unpaired) electrons. The molecule has 1 amide bonds. The second-order valence-electron chi connectivity index (χ2n) is 5.40. The molecule has 1 fully saturated rings. The quantitative estimate of drug-likeness (QED) is 0.839. The molecule has 1 aliphatic heterocycles. The summed E-state index contributed by atoms with van der Waals surface area (Å²) in [5, 5.41) is 0. The third-order valence-corrected chi connectivity index (χ3v) is 3.84. The van der Waals surface area contributed by atoms with E-state index in [1.54, 1.807) is 0 Å². The molecule has 5 nitrogen and oxygen atoms in total. The fraction of sp³-hybridized carbons (Fsp3) is 0.562. The molecule has 2 rings (SSSR count). The standard InChI is InChI=1S/C16H25N3O2/c1-3-8-19(15-6-4-14(17)5-7-15)13(2)16(20)18-9-11-21-12-10-18/h4-7,13H,3,8-12,17H2,1-2H3. The highest BCUT2D eigenvalue weighted by Gasteiger charge is 2.27. The van der Waals surface area contributed by atoms with Crippen LogP contribution in [0.25, 0.3) is 0 Å². The minimum atomic E-state index is -0.174. The van der Waals surface area contributed by atoms with E-state index in [9.17, 15) is 4.79 Å². The summed E-state index contributed by atoms with van der Waals surface area (Å²) in [6.45, 7) is 7.58. The minimum absolute atomic E-state index is 0.170. The van der Waals surface area contributed by atoms with Crippen molar-refractivity contribution in [2.24, 2.45) is 0 Å². The summed E-state index contributed by atoms with van der Waals surface area (Å²) in [6.07, 6.45) is 0.991. The van der Waals surface area contributed by atoms with Crippen molar-refractivity contribution in [3.05, 3.63) is 24.3 Å². The Morgan fingerprint density at radius 3 is 2.52 bits per heavy atom. The van der Waals surface area contributed by atoms with Crippen LogP contribution in [0.1, 0.15) is 20.3 Å². The Labute approximate surface area is 126 Å². The fourth-order valence-electron chi connectivity index (χ4n) is 2.63. The lowest BCUT2D eigenvalue weighted by Gasteiger charge is -2.35. The van der Waals surface area contributed by atoms with Crippen molar-refractivity contribution in [1.82, 2.24) is 4.90 Å². The second-order valence-corrected chi connectivity index (χ2v) is 5.40. The average Bonchev–Trinajstić information content (AvgIpc) is 2.53. The molecule has 1 aromatic rings. The topological polar surface area (TPSA) is 58.8 Å². The molecule has 1 heterocycles. The lowest BCUT2D eigenvalue weighted by molar-refractivity contribution is -0.136. The molecule has 1 unspecified atom stereocenters. The zero-order valence-electron chi connectivity index (χ0n) is 12.9. The minimum Gasteiger partial charge on any atom is -0.399 e. The Morgan fingerprint density at radius 1 is 1.33 bits per heavy atom. The summed E-state index contributed by atoms with van der Waals surface area (Å²) in [6, 6.07) is 7.54. The number of anilines is 2. The number of hydrogen-bond donors (Lipinski definition) is 1. The van der Waals surface area contributed by atoms with Crippen LogP contribution in [0.2, 0.25) is 0 Å². The fourth-order valence-corrected chi connectivity index (χ4v) is 2.63. The highest BCUT2D eigenvalue weighted by atomic mass is 16.5. The number of rotatable bonds is 5. The first-order valence-corrected chi connectivity index (χ1v) is 7.62. The van der Waals surface area contributed by atoms with E-state index >= 15 is 0 Å². The van der Waals surface area contributed by atoms with Crippen molar-refractivity contribution in [3.8, 4) is 0 Å². The van der Waals surface area contributed by atoms with Crippen LogP contribution in [-0.2, 0) is 9.53 Å². The number of benzene rings is 1. The van der Waals surface area contributed by atoms with Gasteiger partial charge in [-0.05, 0) is 37.6 Å². The third-order valence-electron chi connectivity index (χ3n) is 3.84. The molecule has 0 saturated carbocycles. The average molecular weight is 291 g/mol. The summed E-state index contributed by atoms with van der Waals surface area (Å²) in [5.74, 6) is 0.170. The van der Waals surface area contributed by atoms with Gasteiger partial charge in [0.2, 0.25) is 5.91 Å². The molecule has 0 bridgehead atoms. The van der Waals surface area contributed by atoms with E-state index in [1.165, 1.54) is 0 Å². The first-order valence-electron chi connectivity index (χ1n) is 7.62. The highest BCUT2D eigenvalue weighted by Crippen LogP contribution is 2.20. The van der Waals surface area contributed by atoms with Gasteiger partial charge in [0.05, 0.1) is 13.2 Å². The van der Waals surface area contributed by atoms with Crippen LogP contribution in [0.3, 0.4) is 0 Å². The maximum Gasteiger partial charge on any atom is 0.245 e. The SMILES string of the molecule is CCCN(c1ccc(N)cc1)C(C)C(=O)N1CCOCC1. The lowest BCUT2D eigenvalue weighted by Crippen LogP contribution is -2.51. The smallest absolute Gasteiger partial charge is 0.245 e. The van der Waals surface area contributed by atoms with Crippen molar-refractivity contribution in [2.75, 3.05) is 43.5 Å². The number of nitrogens with two attached hydrogens (primary N) is 1. The molecule has 1 atom stereocenters. The van der Waals surface area contributed by atoms with Gasteiger partial charge in [-0.2, -0.15) is 0 Å². The van der Waals surface area contributed by atoms with Crippen molar-refractivity contribution < 1.29 is 9.53 Å². The van der Waals surface area contributed by atoms with Crippen molar-refractivity contribution in [1.29, 1.82) is 0 Å². The highest BCUT2D eigenvalue weighted by molar-refractivity contribution is 5.85. The van der Waals surface area contributed by atoms with Gasteiger partial charge >= 0.3 is 0 Å². The van der Waals surface area contributed by atoms with E-state index in [1.807, 2.05) is 36.1 Å². The Morgan fingerprint density at radius 2 is 1.95 bits per heavy atom. The predicted octanol–water partition coefficient (Wildman–Crippen LogP) is 1.73. The van der Waals surface area contributed by atoms with Gasteiger partial charge in [-0.25, -0.2) is 0 Å². The molecular weight excluding hydrogens is 266 g/mol. The van der Waals surface area contributed by atoms with Gasteiger partial charge in [0.25, 0.3) is 0 Å². The summed E-state index contributed by atoms with van der Waals surface area (Å²) in [5.41, 5.74) is 7.53. The zero-order valence-corrected chi connectivity index (χ0v) is 12.9. The van der Waals surface area contributed by atoms with E-state index in [-0.39, 0.29) is 11.9 Å². The van der Waals surface area contributed by atoms with Gasteiger partial charge in [0.1, 0.15) is 6.04 Å². The Balaban J connectivity index is 2.12. The Kier molecular flexibility index (Phi) is 5.44. The summed E-state index contributed by atoms with van der Waals surface area (Å²) < 4.78 is 5.31. The number of hydrogen-bond acceptors (Lipinski definition) is 4. The number of nitrogen functional groups attached to an aromatic ring is 1. The van der Waals surface area contributed by atoms with E-state index in [0.717, 1.165) is 24.3 Å². The molecule has 116 valence electrons. The normalized spacial score (nSPS) is 16.6. The van der Waals surface area contributed by atoms with E-state index < -0.39 is 0 Å². The molecule has 1 aliphatic rings. The first kappa shape index (κ1) is 15.6. The molecule has 5 heteroatoms. The summed E-state index contributed by atoms with van der Waals surface area (Å²) in [7, 11) is 0. The van der Waals surface area contributed by atoms with E-state index in [0.29, 0.717) is 26.3 Å². The van der Waals surface area contributed by atoms with Gasteiger partial charge in [-0.3, -0.25) is 4.79 Å². The zero-order chi connectivity index (χ0) is 15.2. The van der Waals surface area contributed by atoms with E-state index in [2.05, 4.69) is 11.8 Å². The number of carbonyl (C=O) groups excluding carboxylic acids is 1. The molecule has 21 heavy (non-hydrogen) atoms. The maximum absolute atomic E-state index is 12.7. The van der Waals surface area contributed by atoms with Gasteiger partial charge in [-0.1, -0.05) is 6.92 Å². The number of amides is 1. The van der Waals surface area contributed by atoms with Gasteiger partial charge < -0.3 is 20.3 Å². The van der Waals surface area contributed by atoms with Crippen molar-refractivity contribution >= 4 is 17.3 Å². The van der Waals surface area contributed by atoms with Crippen LogP contribution in [0.4, 0.5) is 11.4 Å². The van der Waals surface area contributed by atoms with Crippen LogP contribution in [0.15, 0.2) is 24.3 Å². The first-order chi connectivity index (χ1) is 10.1. The third kappa shape index (κ3) is 3.88. The van der Waals surface area contributed by atoms with Crippen molar-refractivity contribution in [3.63, 3.8) is 0 Å². The number of morpholine rings is 1. The summed E-state index contributed by atoms with van der Waals surface area (Å²) >= 11 is 0. The van der Waals surface area contributed by atoms with Crippen molar-refractivity contribution in [2.45, 2.75) is 26.3 Å². The molecule has 0 aromatic heterocycles. The molecule has 1 saturated heterocycles. The monoisotopic (exact) mass is 291 g/mol. The Hall–Kier alpha value is -1.75. The predicted molar refractivity (Wildman–Crippen MR) is 85.4 cm³/mol. The summed E-state index contributed by atoms with van der Waals surface area (Å²) in [4.78, 5) is 16.7. The van der Waals surface area contributed by atoms with Crippen LogP contribution >= 0.6 is 0 Å². The molecule has 0 spiro atoms. The van der Waals surface area contributed by atoms with Gasteiger partial charge in [-0.15, -0.1) is 0 Å². The van der Waals surface area contributed by atoms with E-state index in [4.69, 9.17) is 10.5 Å². The number of nitrogens with zero attached hydrogens (tertiary/aromatic N) is 2. The van der Waals surface area contributed by atoms with Crippen LogP contribution < -0.4 is 10.6 Å². The van der Waals surface area contributed by atoms with Gasteiger partial charge in [0.15, 0.2) is 0 Å². The molecular formula is C16H25N3O2. The van der Waals surface area contributed by atoms with Crippen LogP contribution in [0, 0.1) is 0 Å². The number of ether oxygens (including phenoxy) is 1. The largest absolute Gasteiger partial charge is 0.399 e. The Bertz CT molecular complexity index is 455. The molecule has 0 aliphatic carbocycles. The van der Waals surface area contributed by atoms with Gasteiger partial charge in [0, 0.05) is 31.0 Å². The number of carbonyl (C=O) groups is 1.